The van der Waals surface area contributed by atoms with Gasteiger partial charge in [-0.05, 0) is 86.8 Å². The van der Waals surface area contributed by atoms with Gasteiger partial charge >= 0.3 is 5.97 Å². The number of benzene rings is 2. The minimum Gasteiger partial charge on any atom is -0.493 e. The Morgan fingerprint density at radius 1 is 0.970 bits per heavy atom. The summed E-state index contributed by atoms with van der Waals surface area (Å²) in [5, 5.41) is 10.9. The van der Waals surface area contributed by atoms with Crippen molar-refractivity contribution in [2.75, 3.05) is 13.2 Å². The molecule has 0 heterocycles. The van der Waals surface area contributed by atoms with E-state index in [9.17, 15) is 14.3 Å². The fourth-order valence-corrected chi connectivity index (χ4v) is 4.93. The molecule has 1 N–H and O–H groups in total. The van der Waals surface area contributed by atoms with Gasteiger partial charge in [0.25, 0.3) is 0 Å². The maximum Gasteiger partial charge on any atom is 0.338 e. The van der Waals surface area contributed by atoms with E-state index in [2.05, 4.69) is 0 Å². The molecule has 0 spiro atoms. The Hall–Kier alpha value is -2.40. The van der Waals surface area contributed by atoms with Crippen LogP contribution in [0.1, 0.15) is 72.9 Å². The summed E-state index contributed by atoms with van der Waals surface area (Å²) in [6, 6.07) is 11.5. The molecule has 0 radical (unpaired) electrons. The molecule has 180 valence electrons. The van der Waals surface area contributed by atoms with Crippen LogP contribution in [0.25, 0.3) is 0 Å². The Morgan fingerprint density at radius 3 is 2.30 bits per heavy atom. The highest BCUT2D eigenvalue weighted by Crippen LogP contribution is 2.33. The topological polar surface area (TPSA) is 55.8 Å². The molecule has 1 fully saturated rings. The van der Waals surface area contributed by atoms with Crippen LogP contribution in [0.3, 0.4) is 0 Å². The number of aryl methyl sites for hydroxylation is 2. The highest BCUT2D eigenvalue weighted by molar-refractivity contribution is 5.89. The third-order valence-electron chi connectivity index (χ3n) is 6.83. The van der Waals surface area contributed by atoms with Crippen molar-refractivity contribution >= 4 is 5.97 Å². The molecule has 1 saturated carbocycles. The molecule has 5 heteroatoms. The number of carbonyl (C=O) groups is 1. The van der Waals surface area contributed by atoms with Gasteiger partial charge in [0.1, 0.15) is 11.6 Å². The molecule has 1 aliphatic carbocycles. The Labute approximate surface area is 197 Å². The maximum absolute atomic E-state index is 13.1. The second-order valence-electron chi connectivity index (χ2n) is 9.27. The molecule has 0 bridgehead atoms. The van der Waals surface area contributed by atoms with E-state index in [1.807, 2.05) is 32.0 Å². The Bertz CT molecular complexity index is 860. The van der Waals surface area contributed by atoms with Crippen LogP contribution in [0.5, 0.6) is 5.75 Å². The van der Waals surface area contributed by atoms with Crippen molar-refractivity contribution in [3.8, 4) is 5.75 Å². The molecule has 0 saturated heterocycles. The van der Waals surface area contributed by atoms with Crippen molar-refractivity contribution in [3.63, 3.8) is 0 Å². The first-order valence-electron chi connectivity index (χ1n) is 12.3. The minimum atomic E-state index is -0.446. The van der Waals surface area contributed by atoms with E-state index in [1.165, 1.54) is 37.1 Å². The lowest BCUT2D eigenvalue weighted by Crippen LogP contribution is -2.31. The van der Waals surface area contributed by atoms with Crippen LogP contribution in [-0.2, 0) is 4.74 Å². The average molecular weight is 457 g/mol. The molecule has 2 aromatic carbocycles. The smallest absolute Gasteiger partial charge is 0.338 e. The quantitative estimate of drug-likeness (QED) is 0.443. The van der Waals surface area contributed by atoms with Gasteiger partial charge in [-0.25, -0.2) is 9.18 Å². The lowest BCUT2D eigenvalue weighted by molar-refractivity contribution is 0.0247. The molecule has 3 unspecified atom stereocenters. The van der Waals surface area contributed by atoms with Gasteiger partial charge in [-0.2, -0.15) is 0 Å². The second kappa shape index (κ2) is 12.7. The van der Waals surface area contributed by atoms with E-state index < -0.39 is 5.97 Å². The zero-order valence-corrected chi connectivity index (χ0v) is 19.9. The number of rotatable bonds is 9. The van der Waals surface area contributed by atoms with Crippen LogP contribution in [0.4, 0.5) is 4.39 Å². The highest BCUT2D eigenvalue weighted by atomic mass is 19.1. The third-order valence-corrected chi connectivity index (χ3v) is 6.83. The van der Waals surface area contributed by atoms with Crippen molar-refractivity contribution in [2.24, 2.45) is 11.8 Å². The van der Waals surface area contributed by atoms with Gasteiger partial charge in [0.2, 0.25) is 0 Å². The number of hydrogen-bond acceptors (Lipinski definition) is 4. The fourth-order valence-electron chi connectivity index (χ4n) is 4.93. The summed E-state index contributed by atoms with van der Waals surface area (Å²) in [7, 11) is 0. The molecule has 3 atom stereocenters. The molecule has 4 nitrogen and oxygen atoms in total. The summed E-state index contributed by atoms with van der Waals surface area (Å²) in [6.45, 7) is 4.93. The van der Waals surface area contributed by atoms with Gasteiger partial charge in [-0.15, -0.1) is 0 Å². The van der Waals surface area contributed by atoms with Crippen LogP contribution < -0.4 is 4.74 Å². The molecule has 0 aliphatic heterocycles. The summed E-state index contributed by atoms with van der Waals surface area (Å²) in [6.07, 6.45) is 7.51. The lowest BCUT2D eigenvalue weighted by Gasteiger charge is -2.33. The normalized spacial score (nSPS) is 19.9. The van der Waals surface area contributed by atoms with E-state index in [0.717, 1.165) is 49.0 Å². The summed E-state index contributed by atoms with van der Waals surface area (Å²) in [5.41, 5.74) is 2.58. The molecular formula is C28H37FO4. The predicted molar refractivity (Wildman–Crippen MR) is 128 cm³/mol. The van der Waals surface area contributed by atoms with Gasteiger partial charge in [-0.3, -0.25) is 0 Å². The van der Waals surface area contributed by atoms with E-state index in [-0.39, 0.29) is 30.4 Å². The number of aliphatic hydroxyl groups is 1. The van der Waals surface area contributed by atoms with E-state index in [4.69, 9.17) is 9.47 Å². The van der Waals surface area contributed by atoms with E-state index >= 15 is 0 Å². The zero-order chi connectivity index (χ0) is 23.6. The van der Waals surface area contributed by atoms with Crippen molar-refractivity contribution in [3.05, 3.63) is 65.0 Å². The molecule has 0 aromatic heterocycles. The van der Waals surface area contributed by atoms with E-state index in [1.54, 1.807) is 0 Å². The fraction of sp³-hybridized carbons (Fsp3) is 0.536. The van der Waals surface area contributed by atoms with Crippen molar-refractivity contribution in [2.45, 2.75) is 71.3 Å². The van der Waals surface area contributed by atoms with Gasteiger partial charge in [-0.1, -0.05) is 43.9 Å². The number of hydrogen-bond donors (Lipinski definition) is 1. The number of halogens is 1. The summed E-state index contributed by atoms with van der Waals surface area (Å²) < 4.78 is 24.8. The summed E-state index contributed by atoms with van der Waals surface area (Å²) in [5.74, 6) is 0.476. The number of carbonyl (C=O) groups excluding carboxylic acids is 1. The Balaban J connectivity index is 1.61. The zero-order valence-electron chi connectivity index (χ0n) is 19.9. The molecule has 33 heavy (non-hydrogen) atoms. The van der Waals surface area contributed by atoms with Gasteiger partial charge in [0.05, 0.1) is 24.9 Å². The Kier molecular flexibility index (Phi) is 9.74. The number of para-hydroxylation sites is 1. The standard InChI is InChI=1S/C28H37FO4/c1-20-8-7-9-21(2)27(20)32-18-16-22(25-10-5-3-4-6-11-26(25)30)17-19-33-28(31)23-12-14-24(29)15-13-23/h7-9,12-15,22,25-26,30H,3-6,10-11,16-19H2,1-2H3. The van der Waals surface area contributed by atoms with E-state index in [0.29, 0.717) is 18.6 Å². The predicted octanol–water partition coefficient (Wildman–Crippen LogP) is 6.41. The number of esters is 1. The van der Waals surface area contributed by atoms with Crippen LogP contribution in [0, 0.1) is 31.5 Å². The molecule has 1 aliphatic rings. The summed E-state index contributed by atoms with van der Waals surface area (Å²) >= 11 is 0. The first-order chi connectivity index (χ1) is 16.0. The third kappa shape index (κ3) is 7.56. The molecule has 2 aromatic rings. The Morgan fingerprint density at radius 2 is 1.61 bits per heavy atom. The van der Waals surface area contributed by atoms with Gasteiger partial charge in [0.15, 0.2) is 0 Å². The minimum absolute atomic E-state index is 0.177. The molecular weight excluding hydrogens is 419 g/mol. The molecule has 3 rings (SSSR count). The highest BCUT2D eigenvalue weighted by Gasteiger charge is 2.29. The van der Waals surface area contributed by atoms with Crippen molar-refractivity contribution < 1.29 is 23.8 Å². The van der Waals surface area contributed by atoms with Crippen LogP contribution in [-0.4, -0.2) is 30.4 Å². The average Bonchev–Trinajstić information content (AvgIpc) is 2.78. The first-order valence-corrected chi connectivity index (χ1v) is 12.3. The number of aliphatic hydroxyl groups excluding tert-OH is 1. The first kappa shape index (κ1) is 25.2. The number of ether oxygens (including phenoxy) is 2. The van der Waals surface area contributed by atoms with Gasteiger partial charge < -0.3 is 14.6 Å². The van der Waals surface area contributed by atoms with Crippen LogP contribution in [0.15, 0.2) is 42.5 Å². The summed E-state index contributed by atoms with van der Waals surface area (Å²) in [4.78, 5) is 12.3. The molecule has 0 amide bonds. The van der Waals surface area contributed by atoms with Crippen molar-refractivity contribution in [1.29, 1.82) is 0 Å². The van der Waals surface area contributed by atoms with Gasteiger partial charge in [0, 0.05) is 0 Å². The largest absolute Gasteiger partial charge is 0.493 e. The monoisotopic (exact) mass is 456 g/mol. The SMILES string of the molecule is Cc1cccc(C)c1OCCC(CCOC(=O)c1ccc(F)cc1)C1CCCCCCC1O. The maximum atomic E-state index is 13.1. The van der Waals surface area contributed by atoms with Crippen LogP contribution in [0.2, 0.25) is 0 Å². The van der Waals surface area contributed by atoms with Crippen LogP contribution >= 0.6 is 0 Å². The lowest BCUT2D eigenvalue weighted by atomic mass is 9.77. The second-order valence-corrected chi connectivity index (χ2v) is 9.27. The van der Waals surface area contributed by atoms with Crippen molar-refractivity contribution in [1.82, 2.24) is 0 Å².